The van der Waals surface area contributed by atoms with Gasteiger partial charge >= 0.3 is 6.09 Å². The van der Waals surface area contributed by atoms with Gasteiger partial charge in [-0.05, 0) is 63.1 Å². The van der Waals surface area contributed by atoms with Crippen molar-refractivity contribution < 1.29 is 14.6 Å². The minimum Gasteiger partial charge on any atom is -0.465 e. The van der Waals surface area contributed by atoms with Gasteiger partial charge in [-0.15, -0.1) is 0 Å². The number of hydrogen-bond acceptors (Lipinski definition) is 4. The molecule has 6 heteroatoms. The number of nitrogens with zero attached hydrogens (tertiary/aromatic N) is 3. The molecule has 0 aliphatic carbocycles. The normalized spacial score (nSPS) is 17.6. The van der Waals surface area contributed by atoms with Crippen LogP contribution in [-0.2, 0) is 4.74 Å². The molecule has 2 heterocycles. The number of piperidine rings is 1. The highest BCUT2D eigenvalue weighted by Gasteiger charge is 2.27. The molecule has 0 spiro atoms. The van der Waals surface area contributed by atoms with Gasteiger partial charge in [-0.25, -0.2) is 4.79 Å². The number of fused-ring (bicyclic) bond motifs is 1. The summed E-state index contributed by atoms with van der Waals surface area (Å²) in [6.07, 6.45) is 1.87. The first-order chi connectivity index (χ1) is 14.0. The van der Waals surface area contributed by atoms with E-state index in [9.17, 15) is 9.90 Å². The first-order valence-corrected chi connectivity index (χ1v) is 10.4. The average molecular weight is 396 g/mol. The number of benzene rings is 2. The fraction of sp³-hybridized carbons (Fsp3) is 0.435. The Balaban J connectivity index is 1.47. The van der Waals surface area contributed by atoms with E-state index in [1.54, 1.807) is 0 Å². The van der Waals surface area contributed by atoms with Gasteiger partial charge in [-0.2, -0.15) is 0 Å². The zero-order valence-corrected chi connectivity index (χ0v) is 17.1. The van der Waals surface area contributed by atoms with Crippen LogP contribution in [0, 0.1) is 0 Å². The third-order valence-corrected chi connectivity index (χ3v) is 5.67. The maximum Gasteiger partial charge on any atom is 0.411 e. The zero-order valence-electron chi connectivity index (χ0n) is 17.1. The lowest BCUT2D eigenvalue weighted by atomic mass is 10.1. The molecule has 0 saturated carbocycles. The van der Waals surface area contributed by atoms with E-state index in [0.717, 1.165) is 43.0 Å². The molecule has 1 amide bonds. The van der Waals surface area contributed by atoms with Crippen LogP contribution in [0.3, 0.4) is 0 Å². The van der Waals surface area contributed by atoms with Gasteiger partial charge in [-0.1, -0.05) is 12.1 Å². The summed E-state index contributed by atoms with van der Waals surface area (Å²) in [6, 6.07) is 16.3. The summed E-state index contributed by atoms with van der Waals surface area (Å²) in [5.74, 6) is 0. The van der Waals surface area contributed by atoms with Crippen molar-refractivity contribution >= 4 is 28.8 Å². The van der Waals surface area contributed by atoms with Gasteiger partial charge in [0.2, 0.25) is 0 Å². The number of amides is 1. The van der Waals surface area contributed by atoms with E-state index in [4.69, 9.17) is 4.74 Å². The molecule has 0 bridgehead atoms. The fourth-order valence-corrected chi connectivity index (χ4v) is 4.31. The largest absolute Gasteiger partial charge is 0.465 e. The second kappa shape index (κ2) is 8.33. The fourth-order valence-electron chi connectivity index (χ4n) is 4.31. The molecular formula is C23H29N3O3. The predicted octanol–water partition coefficient (Wildman–Crippen LogP) is 4.72. The Morgan fingerprint density at radius 3 is 2.17 bits per heavy atom. The first-order valence-electron chi connectivity index (χ1n) is 10.4. The molecule has 2 aromatic rings. The molecule has 0 radical (unpaired) electrons. The Morgan fingerprint density at radius 1 is 0.931 bits per heavy atom. The van der Waals surface area contributed by atoms with Gasteiger partial charge in [0.1, 0.15) is 0 Å². The Morgan fingerprint density at radius 2 is 1.55 bits per heavy atom. The van der Waals surface area contributed by atoms with Crippen molar-refractivity contribution in [3.63, 3.8) is 0 Å². The van der Waals surface area contributed by atoms with Crippen molar-refractivity contribution in [1.82, 2.24) is 0 Å². The molecule has 1 saturated heterocycles. The van der Waals surface area contributed by atoms with Crippen LogP contribution < -0.4 is 14.7 Å². The Kier molecular flexibility index (Phi) is 5.62. The minimum absolute atomic E-state index is 0.287. The Labute approximate surface area is 172 Å². The molecule has 0 unspecified atom stereocenters. The summed E-state index contributed by atoms with van der Waals surface area (Å²) in [5, 5.41) is 9.48. The summed E-state index contributed by atoms with van der Waals surface area (Å²) in [4.78, 5) is 17.6. The van der Waals surface area contributed by atoms with Crippen molar-refractivity contribution in [2.24, 2.45) is 0 Å². The summed E-state index contributed by atoms with van der Waals surface area (Å²) in [7, 11) is 0. The molecule has 2 aromatic carbocycles. The molecule has 2 aliphatic rings. The lowest BCUT2D eigenvalue weighted by Crippen LogP contribution is -2.41. The monoisotopic (exact) mass is 395 g/mol. The van der Waals surface area contributed by atoms with Crippen LogP contribution in [0.2, 0.25) is 0 Å². The Hall–Kier alpha value is -2.73. The summed E-state index contributed by atoms with van der Waals surface area (Å²) >= 11 is 0. The quantitative estimate of drug-likeness (QED) is 0.812. The maximum atomic E-state index is 11.6. The van der Waals surface area contributed by atoms with Crippen molar-refractivity contribution in [3.8, 4) is 0 Å². The van der Waals surface area contributed by atoms with Gasteiger partial charge in [-0.3, -0.25) is 4.90 Å². The van der Waals surface area contributed by atoms with Gasteiger partial charge in [0.15, 0.2) is 0 Å². The van der Waals surface area contributed by atoms with E-state index in [-0.39, 0.29) is 6.10 Å². The third-order valence-electron chi connectivity index (χ3n) is 5.67. The number of carbonyl (C=O) groups is 1. The van der Waals surface area contributed by atoms with Crippen LogP contribution >= 0.6 is 0 Å². The molecule has 1 N–H and O–H groups in total. The average Bonchev–Trinajstić information content (AvgIpc) is 2.73. The number of anilines is 4. The lowest BCUT2D eigenvalue weighted by molar-refractivity contribution is -0.00478. The van der Waals surface area contributed by atoms with Gasteiger partial charge in [0.25, 0.3) is 0 Å². The van der Waals surface area contributed by atoms with Crippen LogP contribution in [0.25, 0.3) is 0 Å². The van der Waals surface area contributed by atoms with E-state index >= 15 is 0 Å². The zero-order chi connectivity index (χ0) is 20.4. The van der Waals surface area contributed by atoms with Crippen molar-refractivity contribution in [1.29, 1.82) is 0 Å². The second-order valence-electron chi connectivity index (χ2n) is 7.96. The standard InChI is InChI=1S/C23H29N3O3/c1-17(2)29-20-11-13-24(14-12-20)18-7-9-19(10-8-18)25-15-16-26(23(27)28)22-6-4-3-5-21(22)25/h3-10,17,20H,11-16H2,1-2H3,(H,27,28). The van der Waals surface area contributed by atoms with E-state index in [1.165, 1.54) is 10.6 Å². The number of ether oxygens (including phenoxy) is 1. The van der Waals surface area contributed by atoms with E-state index in [1.807, 2.05) is 24.3 Å². The highest BCUT2D eigenvalue weighted by molar-refractivity contribution is 5.94. The molecule has 0 aromatic heterocycles. The van der Waals surface area contributed by atoms with E-state index < -0.39 is 6.09 Å². The summed E-state index contributed by atoms with van der Waals surface area (Å²) < 4.78 is 5.95. The highest BCUT2D eigenvalue weighted by Crippen LogP contribution is 2.38. The van der Waals surface area contributed by atoms with E-state index in [2.05, 4.69) is 47.9 Å². The molecule has 4 rings (SSSR count). The molecule has 0 atom stereocenters. The second-order valence-corrected chi connectivity index (χ2v) is 7.96. The third kappa shape index (κ3) is 4.17. The summed E-state index contributed by atoms with van der Waals surface area (Å²) in [6.45, 7) is 7.31. The lowest BCUT2D eigenvalue weighted by Gasteiger charge is -2.37. The van der Waals surface area contributed by atoms with E-state index in [0.29, 0.717) is 19.2 Å². The first kappa shape index (κ1) is 19.6. The van der Waals surface area contributed by atoms with Crippen LogP contribution in [-0.4, -0.2) is 49.6 Å². The molecule has 154 valence electrons. The van der Waals surface area contributed by atoms with Gasteiger partial charge in [0, 0.05) is 37.6 Å². The number of para-hydroxylation sites is 2. The highest BCUT2D eigenvalue weighted by atomic mass is 16.5. The number of hydrogen-bond donors (Lipinski definition) is 1. The summed E-state index contributed by atoms with van der Waals surface area (Å²) in [5.41, 5.74) is 3.99. The molecule has 6 nitrogen and oxygen atoms in total. The molecule has 29 heavy (non-hydrogen) atoms. The van der Waals surface area contributed by atoms with Gasteiger partial charge < -0.3 is 19.6 Å². The van der Waals surface area contributed by atoms with Gasteiger partial charge in [0.05, 0.1) is 23.6 Å². The van der Waals surface area contributed by atoms with Crippen molar-refractivity contribution in [3.05, 3.63) is 48.5 Å². The predicted molar refractivity (Wildman–Crippen MR) is 117 cm³/mol. The van der Waals surface area contributed by atoms with Crippen LogP contribution in [0.5, 0.6) is 0 Å². The number of rotatable bonds is 4. The topological polar surface area (TPSA) is 56.2 Å². The Bertz CT molecular complexity index is 845. The van der Waals surface area contributed by atoms with Crippen LogP contribution in [0.4, 0.5) is 27.5 Å². The smallest absolute Gasteiger partial charge is 0.411 e. The maximum absolute atomic E-state index is 11.6. The van der Waals surface area contributed by atoms with Crippen LogP contribution in [0.1, 0.15) is 26.7 Å². The minimum atomic E-state index is -0.905. The van der Waals surface area contributed by atoms with Crippen molar-refractivity contribution in [2.75, 3.05) is 40.9 Å². The molecular weight excluding hydrogens is 366 g/mol. The SMILES string of the molecule is CC(C)OC1CCN(c2ccc(N3CCN(C(=O)O)c4ccccc43)cc2)CC1. The molecule has 2 aliphatic heterocycles. The number of carboxylic acid groups (broad SMARTS) is 1. The molecule has 1 fully saturated rings. The van der Waals surface area contributed by atoms with Crippen molar-refractivity contribution in [2.45, 2.75) is 38.9 Å². The van der Waals surface area contributed by atoms with Crippen LogP contribution in [0.15, 0.2) is 48.5 Å².